The Morgan fingerprint density at radius 2 is 1.82 bits per heavy atom. The minimum absolute atomic E-state index is 0.176. The first-order chi connectivity index (χ1) is 16.6. The predicted octanol–water partition coefficient (Wildman–Crippen LogP) is 6.13. The first-order valence-electron chi connectivity index (χ1n) is 11.2. The van der Waals surface area contributed by atoms with Gasteiger partial charge in [-0.15, -0.1) is 5.10 Å². The van der Waals surface area contributed by atoms with Crippen LogP contribution in [-0.2, 0) is 17.8 Å². The average molecular weight is 469 g/mol. The van der Waals surface area contributed by atoms with E-state index in [0.29, 0.717) is 11.7 Å². The number of para-hydroxylation sites is 1. The van der Waals surface area contributed by atoms with Crippen molar-refractivity contribution in [3.63, 3.8) is 0 Å². The summed E-state index contributed by atoms with van der Waals surface area (Å²) in [5, 5.41) is 20.8. The third kappa shape index (κ3) is 4.47. The molecular weight excluding hydrogens is 444 g/mol. The zero-order valence-electron chi connectivity index (χ0n) is 18.7. The smallest absolute Gasteiger partial charge is 0.342 e. The highest BCUT2D eigenvalue weighted by Crippen LogP contribution is 2.30. The summed E-state index contributed by atoms with van der Waals surface area (Å²) < 4.78 is 2.18. The summed E-state index contributed by atoms with van der Waals surface area (Å²) in [7, 11) is 0. The first-order valence-corrected chi connectivity index (χ1v) is 12.0. The molecule has 0 bridgehead atoms. The highest BCUT2D eigenvalue weighted by atomic mass is 32.2. The lowest BCUT2D eigenvalue weighted by Crippen LogP contribution is -1.99. The molecule has 0 aliphatic heterocycles. The fourth-order valence-corrected chi connectivity index (χ4v) is 4.90. The number of carboxylic acid groups (broad SMARTS) is 1. The monoisotopic (exact) mass is 468 g/mol. The van der Waals surface area contributed by atoms with Crippen LogP contribution in [0.4, 0.5) is 0 Å². The summed E-state index contributed by atoms with van der Waals surface area (Å²) in [6.07, 6.45) is 5.46. The van der Waals surface area contributed by atoms with E-state index in [0.717, 1.165) is 46.9 Å². The van der Waals surface area contributed by atoms with E-state index in [1.807, 2.05) is 30.5 Å². The van der Waals surface area contributed by atoms with Crippen molar-refractivity contribution < 1.29 is 9.90 Å². The number of carbonyl (C=O) groups is 1. The van der Waals surface area contributed by atoms with Gasteiger partial charge in [-0.2, -0.15) is 0 Å². The van der Waals surface area contributed by atoms with Crippen molar-refractivity contribution in [3.8, 4) is 0 Å². The summed E-state index contributed by atoms with van der Waals surface area (Å²) >= 11 is 1.06. The number of thioether (sulfide) groups is 1. The lowest BCUT2D eigenvalue weighted by atomic mass is 10.0. The van der Waals surface area contributed by atoms with Crippen LogP contribution < -0.4 is 0 Å². The molecule has 5 aromatic rings. The maximum absolute atomic E-state index is 12.1. The molecule has 0 amide bonds. The van der Waals surface area contributed by atoms with E-state index in [9.17, 15) is 9.90 Å². The van der Waals surface area contributed by atoms with Gasteiger partial charge in [-0.25, -0.2) is 9.78 Å². The zero-order chi connectivity index (χ0) is 23.5. The van der Waals surface area contributed by atoms with E-state index >= 15 is 0 Å². The molecule has 2 N–H and O–H groups in total. The zero-order valence-corrected chi connectivity index (χ0v) is 19.5. The third-order valence-corrected chi connectivity index (χ3v) is 6.61. The fourth-order valence-electron chi connectivity index (χ4n) is 4.18. The maximum atomic E-state index is 12.1. The molecule has 0 aliphatic rings. The van der Waals surface area contributed by atoms with Crippen molar-refractivity contribution in [1.29, 1.82) is 0 Å². The Morgan fingerprint density at radius 1 is 1.06 bits per heavy atom. The van der Waals surface area contributed by atoms with E-state index in [-0.39, 0.29) is 4.91 Å². The summed E-state index contributed by atoms with van der Waals surface area (Å²) in [6, 6.07) is 22.8. The molecule has 0 saturated heterocycles. The number of aromatic nitrogens is 4. The molecule has 170 valence electrons. The standard InChI is InChI=1S/C27H24N4O2S/c1-2-8-25-28-27(30-29-25)34-24(26(32)33)15-20-17-31(23-14-6-5-13-22(20)23)16-19-11-7-10-18-9-3-4-12-21(18)19/h3-7,9-15,17H,2,8,16H2,1H3,(H,32,33)(H,28,29,30)/b24-15-. The molecule has 0 aliphatic carbocycles. The Bertz CT molecular complexity index is 1510. The number of H-pyrrole nitrogens is 1. The molecule has 7 heteroatoms. The molecule has 0 saturated carbocycles. The van der Waals surface area contributed by atoms with Crippen molar-refractivity contribution in [2.24, 2.45) is 0 Å². The highest BCUT2D eigenvalue weighted by Gasteiger charge is 2.16. The van der Waals surface area contributed by atoms with Crippen LogP contribution >= 0.6 is 11.8 Å². The van der Waals surface area contributed by atoms with Gasteiger partial charge in [-0.05, 0) is 46.7 Å². The van der Waals surface area contributed by atoms with Crippen LogP contribution in [0.15, 0.2) is 83.0 Å². The molecule has 0 spiro atoms. The number of benzene rings is 3. The second kappa shape index (κ2) is 9.57. The minimum Gasteiger partial charge on any atom is -0.477 e. The lowest BCUT2D eigenvalue weighted by Gasteiger charge is -2.09. The van der Waals surface area contributed by atoms with E-state index in [1.54, 1.807) is 6.08 Å². The minimum atomic E-state index is -1.00. The number of aryl methyl sites for hydroxylation is 1. The fraction of sp³-hybridized carbons (Fsp3) is 0.148. The van der Waals surface area contributed by atoms with Crippen LogP contribution in [0.2, 0.25) is 0 Å². The Kier molecular flexibility index (Phi) is 6.18. The van der Waals surface area contributed by atoms with Crippen LogP contribution in [-0.4, -0.2) is 30.8 Å². The average Bonchev–Trinajstić information content (AvgIpc) is 3.43. The van der Waals surface area contributed by atoms with E-state index < -0.39 is 5.97 Å². The third-order valence-electron chi connectivity index (χ3n) is 5.74. The second-order valence-electron chi connectivity index (χ2n) is 8.10. The van der Waals surface area contributed by atoms with Gasteiger partial charge in [0, 0.05) is 35.6 Å². The van der Waals surface area contributed by atoms with Crippen molar-refractivity contribution >= 4 is 45.5 Å². The van der Waals surface area contributed by atoms with Gasteiger partial charge in [-0.3, -0.25) is 5.10 Å². The Morgan fingerprint density at radius 3 is 2.65 bits per heavy atom. The van der Waals surface area contributed by atoms with Crippen molar-refractivity contribution in [2.75, 3.05) is 0 Å². The van der Waals surface area contributed by atoms with Crippen molar-refractivity contribution in [2.45, 2.75) is 31.5 Å². The van der Waals surface area contributed by atoms with Gasteiger partial charge in [-0.1, -0.05) is 67.6 Å². The molecule has 2 heterocycles. The summed E-state index contributed by atoms with van der Waals surface area (Å²) in [5.74, 6) is -0.237. The molecule has 0 fully saturated rings. The quantitative estimate of drug-likeness (QED) is 0.211. The Balaban J connectivity index is 1.53. The number of aliphatic carboxylic acids is 1. The number of fused-ring (bicyclic) bond motifs is 2. The van der Waals surface area contributed by atoms with Crippen LogP contribution in [0, 0.1) is 0 Å². The van der Waals surface area contributed by atoms with E-state index in [4.69, 9.17) is 0 Å². The van der Waals surface area contributed by atoms with Gasteiger partial charge in [0.05, 0.1) is 0 Å². The molecule has 0 radical (unpaired) electrons. The SMILES string of the molecule is CCCc1nc(S/C(=C\c2cn(Cc3cccc4ccccc34)c3ccccc23)C(=O)O)n[nH]1. The van der Waals surface area contributed by atoms with Gasteiger partial charge in [0.1, 0.15) is 10.7 Å². The Hall–Kier alpha value is -3.84. The predicted molar refractivity (Wildman–Crippen MR) is 137 cm³/mol. The Labute approximate surface area is 201 Å². The number of nitrogens with zero attached hydrogens (tertiary/aromatic N) is 3. The largest absolute Gasteiger partial charge is 0.477 e. The number of rotatable bonds is 8. The molecule has 0 atom stereocenters. The molecule has 5 rings (SSSR count). The van der Waals surface area contributed by atoms with Crippen molar-refractivity contribution in [1.82, 2.24) is 19.7 Å². The molecule has 0 unspecified atom stereocenters. The van der Waals surface area contributed by atoms with Gasteiger partial charge in [0.15, 0.2) is 0 Å². The molecule has 34 heavy (non-hydrogen) atoms. The lowest BCUT2D eigenvalue weighted by molar-refractivity contribution is -0.131. The van der Waals surface area contributed by atoms with Gasteiger partial charge < -0.3 is 9.67 Å². The number of aromatic amines is 1. The normalized spacial score (nSPS) is 12.0. The molecule has 2 aromatic heterocycles. The van der Waals surface area contributed by atoms with Gasteiger partial charge in [0.2, 0.25) is 5.16 Å². The van der Waals surface area contributed by atoms with Crippen LogP contribution in [0.1, 0.15) is 30.3 Å². The maximum Gasteiger partial charge on any atom is 0.342 e. The molecular formula is C27H24N4O2S. The number of carboxylic acids is 1. The molecule has 6 nitrogen and oxygen atoms in total. The summed E-state index contributed by atoms with van der Waals surface area (Å²) in [5.41, 5.74) is 3.12. The topological polar surface area (TPSA) is 83.8 Å². The summed E-state index contributed by atoms with van der Waals surface area (Å²) in [4.78, 5) is 16.6. The summed E-state index contributed by atoms with van der Waals surface area (Å²) in [6.45, 7) is 2.75. The highest BCUT2D eigenvalue weighted by molar-refractivity contribution is 8.04. The molecule has 3 aromatic carbocycles. The van der Waals surface area contributed by atoms with E-state index in [2.05, 4.69) is 69.1 Å². The van der Waals surface area contributed by atoms with Crippen LogP contribution in [0.5, 0.6) is 0 Å². The van der Waals surface area contributed by atoms with Gasteiger partial charge in [0.25, 0.3) is 0 Å². The number of hydrogen-bond donors (Lipinski definition) is 2. The van der Waals surface area contributed by atoms with Crippen molar-refractivity contribution in [3.05, 3.63) is 94.8 Å². The number of hydrogen-bond acceptors (Lipinski definition) is 4. The first kappa shape index (κ1) is 22.0. The number of nitrogens with one attached hydrogen (secondary N) is 1. The second-order valence-corrected chi connectivity index (χ2v) is 9.11. The van der Waals surface area contributed by atoms with Crippen LogP contribution in [0.3, 0.4) is 0 Å². The van der Waals surface area contributed by atoms with E-state index in [1.165, 1.54) is 16.3 Å². The van der Waals surface area contributed by atoms with Crippen LogP contribution in [0.25, 0.3) is 27.8 Å². The van der Waals surface area contributed by atoms with Gasteiger partial charge >= 0.3 is 5.97 Å².